The number of amides is 1. The van der Waals surface area contributed by atoms with E-state index >= 15 is 0 Å². The van der Waals surface area contributed by atoms with Gasteiger partial charge in [0.2, 0.25) is 5.13 Å². The Morgan fingerprint density at radius 1 is 1.38 bits per heavy atom. The van der Waals surface area contributed by atoms with Crippen LogP contribution in [0.3, 0.4) is 0 Å². The van der Waals surface area contributed by atoms with Crippen LogP contribution in [0.2, 0.25) is 0 Å². The number of carbonyl (C=O) groups excluding carboxylic acids is 1. The molecule has 0 aliphatic heterocycles. The van der Waals surface area contributed by atoms with E-state index in [0.29, 0.717) is 23.2 Å². The van der Waals surface area contributed by atoms with Crippen LogP contribution in [0.5, 0.6) is 5.75 Å². The number of aryl methyl sites for hydroxylation is 1. The number of rotatable bonds is 8. The topological polar surface area (TPSA) is 64.1 Å². The van der Waals surface area contributed by atoms with E-state index in [0.717, 1.165) is 15.7 Å². The van der Waals surface area contributed by atoms with Gasteiger partial charge in [-0.15, -0.1) is 10.2 Å². The lowest BCUT2D eigenvalue weighted by atomic mass is 10.2. The van der Waals surface area contributed by atoms with Gasteiger partial charge in [-0.1, -0.05) is 56.0 Å². The molecule has 0 fully saturated rings. The summed E-state index contributed by atoms with van der Waals surface area (Å²) in [6.45, 7) is 8.23. The van der Waals surface area contributed by atoms with Gasteiger partial charge in [0, 0.05) is 5.75 Å². The summed E-state index contributed by atoms with van der Waals surface area (Å²) >= 11 is 3.05. The number of benzene rings is 1. The van der Waals surface area contributed by atoms with Crippen LogP contribution in [-0.4, -0.2) is 28.0 Å². The van der Waals surface area contributed by atoms with Gasteiger partial charge in [0.1, 0.15) is 5.75 Å². The third-order valence-electron chi connectivity index (χ3n) is 3.11. The van der Waals surface area contributed by atoms with Crippen molar-refractivity contribution >= 4 is 34.1 Å². The fourth-order valence-corrected chi connectivity index (χ4v) is 3.65. The molecule has 1 heterocycles. The van der Waals surface area contributed by atoms with Crippen molar-refractivity contribution < 1.29 is 9.53 Å². The minimum atomic E-state index is -0.553. The van der Waals surface area contributed by atoms with E-state index in [1.165, 1.54) is 11.3 Å². The minimum absolute atomic E-state index is 0.199. The summed E-state index contributed by atoms with van der Waals surface area (Å²) in [5.74, 6) is 2.07. The molecule has 2 aromatic rings. The third-order valence-corrected chi connectivity index (χ3v) is 5.51. The zero-order valence-corrected chi connectivity index (χ0v) is 16.0. The maximum atomic E-state index is 12.4. The standard InChI is InChI=1S/C17H23N3O2S2/c1-5-14(22-13-8-6-7-12(4)9-13)15(21)18-16-19-20-17(24-16)23-10-11(2)3/h6-9,11,14H,5,10H2,1-4H3,(H,18,19,21)/t14-/m1/s1. The number of aromatic nitrogens is 2. The number of hydrogen-bond donors (Lipinski definition) is 1. The molecule has 0 saturated heterocycles. The second kappa shape index (κ2) is 9.03. The number of hydrogen-bond acceptors (Lipinski definition) is 6. The van der Waals surface area contributed by atoms with Crippen LogP contribution >= 0.6 is 23.1 Å². The van der Waals surface area contributed by atoms with Crippen molar-refractivity contribution in [3.63, 3.8) is 0 Å². The highest BCUT2D eigenvalue weighted by atomic mass is 32.2. The van der Waals surface area contributed by atoms with Crippen LogP contribution < -0.4 is 10.1 Å². The zero-order valence-electron chi connectivity index (χ0n) is 14.4. The summed E-state index contributed by atoms with van der Waals surface area (Å²) in [7, 11) is 0. The first kappa shape index (κ1) is 18.7. The summed E-state index contributed by atoms with van der Waals surface area (Å²) < 4.78 is 6.67. The maximum absolute atomic E-state index is 12.4. The molecule has 2 rings (SSSR count). The highest BCUT2D eigenvalue weighted by Gasteiger charge is 2.20. The molecule has 1 aromatic carbocycles. The number of thioether (sulfide) groups is 1. The molecule has 0 bridgehead atoms. The van der Waals surface area contributed by atoms with Gasteiger partial charge in [0.15, 0.2) is 10.4 Å². The van der Waals surface area contributed by atoms with Crippen molar-refractivity contribution in [2.45, 2.75) is 44.6 Å². The molecule has 1 N–H and O–H groups in total. The van der Waals surface area contributed by atoms with E-state index in [-0.39, 0.29) is 5.91 Å². The molecule has 0 unspecified atom stereocenters. The highest BCUT2D eigenvalue weighted by Crippen LogP contribution is 2.27. The molecule has 0 aliphatic rings. The first-order valence-electron chi connectivity index (χ1n) is 7.98. The lowest BCUT2D eigenvalue weighted by Crippen LogP contribution is -2.32. The summed E-state index contributed by atoms with van der Waals surface area (Å²) in [5.41, 5.74) is 1.10. The zero-order chi connectivity index (χ0) is 17.5. The Morgan fingerprint density at radius 2 is 2.17 bits per heavy atom. The fourth-order valence-electron chi connectivity index (χ4n) is 1.92. The van der Waals surface area contributed by atoms with Crippen LogP contribution in [0, 0.1) is 12.8 Å². The first-order chi connectivity index (χ1) is 11.5. The minimum Gasteiger partial charge on any atom is -0.481 e. The summed E-state index contributed by atoms with van der Waals surface area (Å²) in [6, 6.07) is 7.68. The molecule has 0 saturated carbocycles. The first-order valence-corrected chi connectivity index (χ1v) is 9.78. The summed E-state index contributed by atoms with van der Waals surface area (Å²) in [4.78, 5) is 12.4. The Balaban J connectivity index is 1.94. The van der Waals surface area contributed by atoms with Gasteiger partial charge < -0.3 is 4.74 Å². The number of carbonyl (C=O) groups is 1. The fraction of sp³-hybridized carbons (Fsp3) is 0.471. The van der Waals surface area contributed by atoms with Crippen molar-refractivity contribution in [2.75, 3.05) is 11.1 Å². The molecule has 1 amide bonds. The van der Waals surface area contributed by atoms with Crippen molar-refractivity contribution in [3.05, 3.63) is 29.8 Å². The predicted molar refractivity (Wildman–Crippen MR) is 100.0 cm³/mol. The number of ether oxygens (including phenoxy) is 1. The van der Waals surface area contributed by atoms with Crippen molar-refractivity contribution in [3.8, 4) is 5.75 Å². The lowest BCUT2D eigenvalue weighted by molar-refractivity contribution is -0.122. The monoisotopic (exact) mass is 365 g/mol. The van der Waals surface area contributed by atoms with E-state index in [1.54, 1.807) is 11.8 Å². The molecule has 0 spiro atoms. The molecule has 130 valence electrons. The van der Waals surface area contributed by atoms with E-state index in [1.807, 2.05) is 38.1 Å². The van der Waals surface area contributed by atoms with Gasteiger partial charge in [0.05, 0.1) is 0 Å². The van der Waals surface area contributed by atoms with Gasteiger partial charge >= 0.3 is 0 Å². The second-order valence-electron chi connectivity index (χ2n) is 5.90. The van der Waals surface area contributed by atoms with E-state index in [9.17, 15) is 4.79 Å². The van der Waals surface area contributed by atoms with Crippen LogP contribution in [-0.2, 0) is 4.79 Å². The normalized spacial score (nSPS) is 12.2. The molecule has 7 heteroatoms. The average Bonchev–Trinajstić information content (AvgIpc) is 2.98. The van der Waals surface area contributed by atoms with Crippen LogP contribution in [0.25, 0.3) is 0 Å². The Hall–Kier alpha value is -1.60. The third kappa shape index (κ3) is 5.79. The molecule has 5 nitrogen and oxygen atoms in total. The van der Waals surface area contributed by atoms with Gasteiger partial charge in [-0.3, -0.25) is 10.1 Å². The summed E-state index contributed by atoms with van der Waals surface area (Å²) in [6.07, 6.45) is 0.0236. The molecule has 1 atom stereocenters. The van der Waals surface area contributed by atoms with E-state index in [4.69, 9.17) is 4.74 Å². The molecule has 24 heavy (non-hydrogen) atoms. The number of nitrogens with one attached hydrogen (secondary N) is 1. The Bertz CT molecular complexity index is 673. The quantitative estimate of drug-likeness (QED) is 0.555. The average molecular weight is 366 g/mol. The molecular weight excluding hydrogens is 342 g/mol. The van der Waals surface area contributed by atoms with Gasteiger partial charge in [-0.05, 0) is 37.0 Å². The summed E-state index contributed by atoms with van der Waals surface area (Å²) in [5, 5.41) is 11.4. The van der Waals surface area contributed by atoms with Crippen LogP contribution in [0.4, 0.5) is 5.13 Å². The predicted octanol–water partition coefficient (Wildman–Crippen LogP) is 4.39. The van der Waals surface area contributed by atoms with E-state index < -0.39 is 6.10 Å². The largest absolute Gasteiger partial charge is 0.481 e. The van der Waals surface area contributed by atoms with E-state index in [2.05, 4.69) is 29.4 Å². The maximum Gasteiger partial charge on any atom is 0.267 e. The van der Waals surface area contributed by atoms with Crippen molar-refractivity contribution in [1.29, 1.82) is 0 Å². The Labute approximate surface area is 151 Å². The molecule has 0 aliphatic carbocycles. The van der Waals surface area contributed by atoms with Crippen molar-refractivity contribution in [1.82, 2.24) is 10.2 Å². The molecular formula is C17H23N3O2S2. The van der Waals surface area contributed by atoms with Crippen LogP contribution in [0.1, 0.15) is 32.8 Å². The number of nitrogens with zero attached hydrogens (tertiary/aromatic N) is 2. The molecule has 1 aromatic heterocycles. The van der Waals surface area contributed by atoms with Crippen molar-refractivity contribution in [2.24, 2.45) is 5.92 Å². The number of anilines is 1. The second-order valence-corrected chi connectivity index (χ2v) is 8.14. The van der Waals surface area contributed by atoms with Gasteiger partial charge in [-0.2, -0.15) is 0 Å². The molecule has 0 radical (unpaired) electrons. The lowest BCUT2D eigenvalue weighted by Gasteiger charge is -2.16. The van der Waals surface area contributed by atoms with Gasteiger partial charge in [0.25, 0.3) is 5.91 Å². The SMILES string of the molecule is CC[C@@H](Oc1cccc(C)c1)C(=O)Nc1nnc(SCC(C)C)s1. The Kier molecular flexibility index (Phi) is 7.05. The van der Waals surface area contributed by atoms with Crippen LogP contribution in [0.15, 0.2) is 28.6 Å². The van der Waals surface area contributed by atoms with Gasteiger partial charge in [-0.25, -0.2) is 0 Å². The highest BCUT2D eigenvalue weighted by molar-refractivity contribution is 8.01. The Morgan fingerprint density at radius 3 is 2.83 bits per heavy atom. The smallest absolute Gasteiger partial charge is 0.267 e.